The van der Waals surface area contributed by atoms with E-state index in [1.54, 1.807) is 11.8 Å². The summed E-state index contributed by atoms with van der Waals surface area (Å²) in [7, 11) is 0. The van der Waals surface area contributed by atoms with E-state index in [0.717, 1.165) is 61.8 Å². The first-order valence-corrected chi connectivity index (χ1v) is 15.2. The van der Waals surface area contributed by atoms with Crippen molar-refractivity contribution in [2.75, 3.05) is 13.2 Å². The topological polar surface area (TPSA) is 34.1 Å². The van der Waals surface area contributed by atoms with Crippen LogP contribution in [-0.4, -0.2) is 23.3 Å². The fourth-order valence-corrected chi connectivity index (χ4v) is 6.99. The number of hydrogen-bond donors (Lipinski definition) is 0. The van der Waals surface area contributed by atoms with Gasteiger partial charge in [0.2, 0.25) is 0 Å². The van der Waals surface area contributed by atoms with Gasteiger partial charge in [-0.25, -0.2) is 4.99 Å². The summed E-state index contributed by atoms with van der Waals surface area (Å²) in [5.41, 5.74) is 8.59. The van der Waals surface area contributed by atoms with Crippen molar-refractivity contribution in [1.82, 2.24) is 4.90 Å². The monoisotopic (exact) mass is 646 g/mol. The molecule has 0 N–H and O–H groups in total. The van der Waals surface area contributed by atoms with Gasteiger partial charge in [-0.15, -0.1) is 0 Å². The van der Waals surface area contributed by atoms with Crippen LogP contribution in [-0.2, 0) is 0 Å². The molecule has 0 aromatic heterocycles. The normalized spacial score (nSPS) is 21.2. The SMILES string of the molecule is Brc1ccc(C=C2CCCC3=C2N=C2SC=C(c4ccc5c(c4)OCCO5)N2C3c2ccc(Br)cc2)cc1. The standard InChI is InChI=1S/C31H24Br2N2O2S/c32-23-9-4-19(5-10-23)16-22-2-1-3-25-29(22)34-31-35(30(25)20-6-11-24(33)12-7-20)26(18-38-31)21-8-13-27-28(17-21)37-15-14-36-27/h4-13,16-18,30H,1-3,14-15H2. The number of ether oxygens (including phenoxy) is 2. The molecular formula is C31H24Br2N2O2S. The van der Waals surface area contributed by atoms with Crippen LogP contribution in [0.5, 0.6) is 11.5 Å². The average Bonchev–Trinajstić information content (AvgIpc) is 3.37. The largest absolute Gasteiger partial charge is 0.486 e. The predicted molar refractivity (Wildman–Crippen MR) is 162 cm³/mol. The number of halogens is 2. The maximum Gasteiger partial charge on any atom is 0.174 e. The zero-order valence-corrected chi connectivity index (χ0v) is 24.5. The van der Waals surface area contributed by atoms with Crippen LogP contribution in [0.25, 0.3) is 11.8 Å². The molecule has 0 amide bonds. The second-order valence-corrected chi connectivity index (χ2v) is 12.3. The van der Waals surface area contributed by atoms with Crippen LogP contribution in [0.15, 0.2) is 103 Å². The van der Waals surface area contributed by atoms with Crippen LogP contribution >= 0.6 is 43.6 Å². The predicted octanol–water partition coefficient (Wildman–Crippen LogP) is 8.96. The molecule has 0 saturated heterocycles. The highest BCUT2D eigenvalue weighted by atomic mass is 79.9. The summed E-state index contributed by atoms with van der Waals surface area (Å²) in [5.74, 6) is 1.61. The third-order valence-electron chi connectivity index (χ3n) is 7.27. The first-order valence-electron chi connectivity index (χ1n) is 12.7. The second-order valence-electron chi connectivity index (χ2n) is 9.65. The molecule has 0 radical (unpaired) electrons. The highest BCUT2D eigenvalue weighted by Gasteiger charge is 2.40. The van der Waals surface area contributed by atoms with Crippen LogP contribution in [0.4, 0.5) is 0 Å². The van der Waals surface area contributed by atoms with Gasteiger partial charge in [0.15, 0.2) is 16.7 Å². The molecule has 0 bridgehead atoms. The Morgan fingerprint density at radius 3 is 2.39 bits per heavy atom. The molecule has 4 nitrogen and oxygen atoms in total. The summed E-state index contributed by atoms with van der Waals surface area (Å²) in [4.78, 5) is 7.73. The van der Waals surface area contributed by atoms with Gasteiger partial charge in [0, 0.05) is 19.9 Å². The van der Waals surface area contributed by atoms with Gasteiger partial charge in [0.05, 0.1) is 17.4 Å². The van der Waals surface area contributed by atoms with E-state index in [-0.39, 0.29) is 6.04 Å². The summed E-state index contributed by atoms with van der Waals surface area (Å²) in [5, 5.41) is 3.25. The summed E-state index contributed by atoms with van der Waals surface area (Å²) >= 11 is 8.88. The zero-order chi connectivity index (χ0) is 25.6. The zero-order valence-electron chi connectivity index (χ0n) is 20.5. The van der Waals surface area contributed by atoms with Crippen LogP contribution in [0.1, 0.15) is 42.0 Å². The number of rotatable bonds is 3. The number of nitrogens with zero attached hydrogens (tertiary/aromatic N) is 2. The van der Waals surface area contributed by atoms with Crippen molar-refractivity contribution in [3.63, 3.8) is 0 Å². The molecule has 3 heterocycles. The van der Waals surface area contributed by atoms with E-state index in [0.29, 0.717) is 13.2 Å². The molecule has 1 unspecified atom stereocenters. The highest BCUT2D eigenvalue weighted by Crippen LogP contribution is 2.51. The maximum atomic E-state index is 5.92. The fraction of sp³-hybridized carbons (Fsp3) is 0.194. The van der Waals surface area contributed by atoms with Gasteiger partial charge < -0.3 is 14.4 Å². The van der Waals surface area contributed by atoms with Gasteiger partial charge in [0.25, 0.3) is 0 Å². The minimum absolute atomic E-state index is 0.0775. The van der Waals surface area contributed by atoms with E-state index in [4.69, 9.17) is 14.5 Å². The van der Waals surface area contributed by atoms with E-state index in [2.05, 4.69) is 109 Å². The summed E-state index contributed by atoms with van der Waals surface area (Å²) in [6.07, 6.45) is 5.49. The first kappa shape index (κ1) is 24.3. The van der Waals surface area contributed by atoms with Crippen molar-refractivity contribution < 1.29 is 9.47 Å². The quantitative estimate of drug-likeness (QED) is 0.284. The molecule has 7 rings (SSSR count). The lowest BCUT2D eigenvalue weighted by Crippen LogP contribution is -2.34. The van der Waals surface area contributed by atoms with Gasteiger partial charge >= 0.3 is 0 Å². The third kappa shape index (κ3) is 4.44. The van der Waals surface area contributed by atoms with Crippen molar-refractivity contribution in [2.45, 2.75) is 25.3 Å². The Morgan fingerprint density at radius 1 is 0.868 bits per heavy atom. The third-order valence-corrected chi connectivity index (χ3v) is 9.17. The second kappa shape index (κ2) is 10.1. The summed E-state index contributed by atoms with van der Waals surface area (Å²) < 4.78 is 13.9. The lowest BCUT2D eigenvalue weighted by atomic mass is 9.83. The molecule has 1 atom stereocenters. The number of thioether (sulfide) groups is 1. The number of benzene rings is 3. The molecule has 38 heavy (non-hydrogen) atoms. The van der Waals surface area contributed by atoms with E-state index < -0.39 is 0 Å². The number of hydrogen-bond acceptors (Lipinski definition) is 5. The van der Waals surface area contributed by atoms with Gasteiger partial charge in [-0.2, -0.15) is 0 Å². The van der Waals surface area contributed by atoms with Crippen molar-refractivity contribution in [2.24, 2.45) is 4.99 Å². The molecule has 3 aliphatic heterocycles. The van der Waals surface area contributed by atoms with Gasteiger partial charge in [0.1, 0.15) is 13.2 Å². The Hall–Kier alpha value is -2.74. The Balaban J connectivity index is 1.34. The minimum Gasteiger partial charge on any atom is -0.486 e. The Kier molecular flexibility index (Phi) is 6.46. The van der Waals surface area contributed by atoms with Crippen LogP contribution in [0.2, 0.25) is 0 Å². The molecule has 4 aliphatic rings. The number of allylic oxidation sites excluding steroid dienone is 1. The van der Waals surface area contributed by atoms with Gasteiger partial charge in [-0.1, -0.05) is 67.9 Å². The first-order chi connectivity index (χ1) is 18.6. The Labute approximate surface area is 243 Å². The maximum absolute atomic E-state index is 5.92. The molecule has 1 aliphatic carbocycles. The molecule has 7 heteroatoms. The fourth-order valence-electron chi connectivity index (χ4n) is 5.53. The van der Waals surface area contributed by atoms with E-state index in [1.807, 2.05) is 6.07 Å². The number of fused-ring (bicyclic) bond motifs is 2. The number of amidine groups is 1. The molecule has 0 saturated carbocycles. The lowest BCUT2D eigenvalue weighted by Gasteiger charge is -2.40. The van der Waals surface area contributed by atoms with Crippen molar-refractivity contribution in [1.29, 1.82) is 0 Å². The lowest BCUT2D eigenvalue weighted by molar-refractivity contribution is 0.171. The minimum atomic E-state index is 0.0775. The molecule has 3 aromatic carbocycles. The van der Waals surface area contributed by atoms with Crippen molar-refractivity contribution in [3.8, 4) is 11.5 Å². The van der Waals surface area contributed by atoms with Crippen LogP contribution in [0, 0.1) is 0 Å². The van der Waals surface area contributed by atoms with Crippen LogP contribution < -0.4 is 9.47 Å². The summed E-state index contributed by atoms with van der Waals surface area (Å²) in [6, 6.07) is 23.6. The molecule has 3 aromatic rings. The molecule has 190 valence electrons. The number of aliphatic imine (C=N–C) groups is 1. The van der Waals surface area contributed by atoms with E-state index in [1.165, 1.54) is 22.3 Å². The van der Waals surface area contributed by atoms with Gasteiger partial charge in [-0.05, 0) is 90.1 Å². The molecular weight excluding hydrogens is 624 g/mol. The highest BCUT2D eigenvalue weighted by molar-refractivity contribution is 9.10. The van der Waals surface area contributed by atoms with Crippen LogP contribution in [0.3, 0.4) is 0 Å². The van der Waals surface area contributed by atoms with Crippen molar-refractivity contribution >= 4 is 60.6 Å². The summed E-state index contributed by atoms with van der Waals surface area (Å²) in [6.45, 7) is 1.17. The van der Waals surface area contributed by atoms with Crippen molar-refractivity contribution in [3.05, 3.63) is 115 Å². The molecule has 0 spiro atoms. The Morgan fingerprint density at radius 2 is 1.61 bits per heavy atom. The smallest absolute Gasteiger partial charge is 0.174 e. The van der Waals surface area contributed by atoms with Gasteiger partial charge in [-0.3, -0.25) is 0 Å². The molecule has 0 fully saturated rings. The average molecular weight is 648 g/mol. The van der Waals surface area contributed by atoms with E-state index in [9.17, 15) is 0 Å². The Bertz CT molecular complexity index is 1540. The van der Waals surface area contributed by atoms with E-state index >= 15 is 0 Å².